The number of nitrogen functional groups attached to an aromatic ring is 1. The number of nitrogens with two attached hydrogens (primary N) is 1. The van der Waals surface area contributed by atoms with Gasteiger partial charge in [-0.1, -0.05) is 24.3 Å². The number of hydrogen-bond donors (Lipinski definition) is 1. The lowest BCUT2D eigenvalue weighted by Gasteiger charge is -2.45. The molecule has 0 aromatic heterocycles. The summed E-state index contributed by atoms with van der Waals surface area (Å²) in [7, 11) is 0. The minimum Gasteiger partial charge on any atom is -0.399 e. The summed E-state index contributed by atoms with van der Waals surface area (Å²) in [4.78, 5) is 15.1. The van der Waals surface area contributed by atoms with E-state index in [2.05, 4.69) is 29.2 Å². The zero-order valence-corrected chi connectivity index (χ0v) is 13.2. The Morgan fingerprint density at radius 3 is 2.65 bits per heavy atom. The van der Waals surface area contributed by atoms with E-state index in [0.717, 1.165) is 31.4 Å². The topological polar surface area (TPSA) is 46.3 Å². The van der Waals surface area contributed by atoms with Crippen LogP contribution in [0.1, 0.15) is 46.7 Å². The molecule has 3 nitrogen and oxygen atoms in total. The fourth-order valence-electron chi connectivity index (χ4n) is 4.25. The molecule has 1 amide bonds. The Labute approximate surface area is 137 Å². The fourth-order valence-corrected chi connectivity index (χ4v) is 4.25. The predicted molar refractivity (Wildman–Crippen MR) is 92.4 cm³/mol. The highest BCUT2D eigenvalue weighted by molar-refractivity contribution is 5.95. The quantitative estimate of drug-likeness (QED) is 0.818. The molecular formula is C20H22N2O. The van der Waals surface area contributed by atoms with Gasteiger partial charge in [0.05, 0.1) is 0 Å². The third-order valence-electron chi connectivity index (χ3n) is 5.36. The van der Waals surface area contributed by atoms with E-state index in [9.17, 15) is 4.79 Å². The lowest BCUT2D eigenvalue weighted by molar-refractivity contribution is 0.0547. The first-order valence-corrected chi connectivity index (χ1v) is 8.48. The molecule has 23 heavy (non-hydrogen) atoms. The highest BCUT2D eigenvalue weighted by Gasteiger charge is 2.38. The first kappa shape index (κ1) is 14.3. The van der Waals surface area contributed by atoms with Gasteiger partial charge in [-0.2, -0.15) is 0 Å². The number of amides is 1. The third kappa shape index (κ3) is 2.50. The molecule has 1 saturated heterocycles. The molecule has 1 aliphatic heterocycles. The molecule has 0 saturated carbocycles. The van der Waals surface area contributed by atoms with E-state index in [1.165, 1.54) is 17.5 Å². The number of nitrogens with zero attached hydrogens (tertiary/aromatic N) is 1. The Balaban J connectivity index is 1.63. The number of aryl methyl sites for hydroxylation is 1. The van der Waals surface area contributed by atoms with Crippen LogP contribution in [0.2, 0.25) is 0 Å². The summed E-state index contributed by atoms with van der Waals surface area (Å²) in [6.07, 6.45) is 4.41. The van der Waals surface area contributed by atoms with Gasteiger partial charge in [0.25, 0.3) is 5.91 Å². The van der Waals surface area contributed by atoms with Crippen molar-refractivity contribution in [2.45, 2.75) is 37.6 Å². The van der Waals surface area contributed by atoms with E-state index >= 15 is 0 Å². The van der Waals surface area contributed by atoms with Crippen LogP contribution in [-0.2, 0) is 6.42 Å². The number of piperidine rings is 1. The third-order valence-corrected chi connectivity index (χ3v) is 5.36. The number of benzene rings is 2. The molecule has 0 bridgehead atoms. The highest BCUT2D eigenvalue weighted by Crippen LogP contribution is 2.41. The van der Waals surface area contributed by atoms with Crippen molar-refractivity contribution in [2.24, 2.45) is 0 Å². The molecule has 2 aliphatic rings. The number of rotatable bonds is 1. The zero-order chi connectivity index (χ0) is 15.8. The number of carbonyl (C=O) groups excluding carboxylic acids is 1. The summed E-state index contributed by atoms with van der Waals surface area (Å²) >= 11 is 0. The summed E-state index contributed by atoms with van der Waals surface area (Å²) < 4.78 is 0. The van der Waals surface area contributed by atoms with Gasteiger partial charge >= 0.3 is 0 Å². The molecule has 0 radical (unpaired) electrons. The van der Waals surface area contributed by atoms with Crippen LogP contribution in [0.3, 0.4) is 0 Å². The number of anilines is 1. The van der Waals surface area contributed by atoms with Gasteiger partial charge in [0, 0.05) is 29.8 Å². The fraction of sp³-hybridized carbons (Fsp3) is 0.350. The molecule has 2 N–H and O–H groups in total. The van der Waals surface area contributed by atoms with E-state index in [-0.39, 0.29) is 5.91 Å². The molecule has 2 aromatic rings. The first-order valence-electron chi connectivity index (χ1n) is 8.48. The van der Waals surface area contributed by atoms with Crippen LogP contribution in [0.15, 0.2) is 48.5 Å². The average Bonchev–Trinajstić information content (AvgIpc) is 2.61. The smallest absolute Gasteiger partial charge is 0.254 e. The van der Waals surface area contributed by atoms with Crippen LogP contribution in [0.25, 0.3) is 0 Å². The molecule has 118 valence electrons. The lowest BCUT2D eigenvalue weighted by atomic mass is 9.74. The molecular weight excluding hydrogens is 284 g/mol. The summed E-state index contributed by atoms with van der Waals surface area (Å²) in [5.74, 6) is 0.644. The van der Waals surface area contributed by atoms with Crippen molar-refractivity contribution in [1.29, 1.82) is 0 Å². The molecule has 1 unspecified atom stereocenters. The molecule has 0 spiro atoms. The summed E-state index contributed by atoms with van der Waals surface area (Å²) in [6.45, 7) is 0.868. The van der Waals surface area contributed by atoms with E-state index in [0.29, 0.717) is 17.6 Å². The number of likely N-dealkylation sites (tertiary alicyclic amines) is 1. The van der Waals surface area contributed by atoms with Crippen molar-refractivity contribution in [2.75, 3.05) is 12.3 Å². The van der Waals surface area contributed by atoms with Crippen molar-refractivity contribution >= 4 is 11.6 Å². The van der Waals surface area contributed by atoms with Crippen LogP contribution in [0.4, 0.5) is 5.69 Å². The van der Waals surface area contributed by atoms with Crippen molar-refractivity contribution in [3.63, 3.8) is 0 Å². The van der Waals surface area contributed by atoms with E-state index in [4.69, 9.17) is 5.73 Å². The molecule has 3 heteroatoms. The second-order valence-electron chi connectivity index (χ2n) is 6.67. The van der Waals surface area contributed by atoms with E-state index < -0.39 is 0 Å². The van der Waals surface area contributed by atoms with Gasteiger partial charge in [0.2, 0.25) is 0 Å². The van der Waals surface area contributed by atoms with Crippen LogP contribution in [0, 0.1) is 0 Å². The van der Waals surface area contributed by atoms with Crippen LogP contribution < -0.4 is 5.73 Å². The summed E-state index contributed by atoms with van der Waals surface area (Å²) in [5, 5.41) is 0. The molecule has 1 heterocycles. The minimum absolute atomic E-state index is 0.152. The van der Waals surface area contributed by atoms with Gasteiger partial charge < -0.3 is 10.6 Å². The lowest BCUT2D eigenvalue weighted by Crippen LogP contribution is -2.49. The van der Waals surface area contributed by atoms with Gasteiger partial charge in [-0.05, 0) is 61.1 Å². The van der Waals surface area contributed by atoms with Gasteiger partial charge in [-0.3, -0.25) is 4.79 Å². The number of fused-ring (bicyclic) bond motifs is 3. The monoisotopic (exact) mass is 306 g/mol. The van der Waals surface area contributed by atoms with Crippen LogP contribution in [0.5, 0.6) is 0 Å². The number of hydrogen-bond acceptors (Lipinski definition) is 2. The summed E-state index contributed by atoms with van der Waals surface area (Å²) in [6, 6.07) is 16.4. The summed E-state index contributed by atoms with van der Waals surface area (Å²) in [5.41, 5.74) is 10.1. The Morgan fingerprint density at radius 1 is 1.04 bits per heavy atom. The van der Waals surface area contributed by atoms with Gasteiger partial charge in [0.1, 0.15) is 0 Å². The predicted octanol–water partition coefficient (Wildman–Crippen LogP) is 3.60. The molecule has 1 aliphatic carbocycles. The molecule has 2 aromatic carbocycles. The van der Waals surface area contributed by atoms with Crippen LogP contribution >= 0.6 is 0 Å². The van der Waals surface area contributed by atoms with Gasteiger partial charge in [0.15, 0.2) is 0 Å². The van der Waals surface area contributed by atoms with Gasteiger partial charge in [-0.15, -0.1) is 0 Å². The Kier molecular flexibility index (Phi) is 3.56. The minimum atomic E-state index is 0.152. The number of carbonyl (C=O) groups is 1. The molecule has 2 atom stereocenters. The molecule has 4 rings (SSSR count). The normalized spacial score (nSPS) is 23.0. The SMILES string of the molecule is Nc1ccc(C(=O)N2CCC[C@@H]3c4ccccc4CCC32)cc1. The average molecular weight is 306 g/mol. The maximum absolute atomic E-state index is 13.0. The highest BCUT2D eigenvalue weighted by atomic mass is 16.2. The Bertz CT molecular complexity index is 723. The van der Waals surface area contributed by atoms with E-state index in [1.54, 1.807) is 0 Å². The largest absolute Gasteiger partial charge is 0.399 e. The standard InChI is InChI=1S/C20H22N2O/c21-16-10-7-15(8-11-16)20(23)22-13-3-6-18-17-5-2-1-4-14(17)9-12-19(18)22/h1-2,4-5,7-8,10-11,18-19H,3,6,9,12-13,21H2/t18-,19?/m1/s1. The van der Waals surface area contributed by atoms with E-state index in [1.807, 2.05) is 24.3 Å². The first-order chi connectivity index (χ1) is 11.2. The van der Waals surface area contributed by atoms with Crippen molar-refractivity contribution < 1.29 is 4.79 Å². The second-order valence-corrected chi connectivity index (χ2v) is 6.67. The maximum Gasteiger partial charge on any atom is 0.254 e. The van der Waals surface area contributed by atoms with Crippen molar-refractivity contribution in [1.82, 2.24) is 4.90 Å². The zero-order valence-electron chi connectivity index (χ0n) is 13.2. The van der Waals surface area contributed by atoms with Gasteiger partial charge in [-0.25, -0.2) is 0 Å². The second kappa shape index (κ2) is 5.73. The Hall–Kier alpha value is -2.29. The maximum atomic E-state index is 13.0. The van der Waals surface area contributed by atoms with Crippen molar-refractivity contribution in [3.8, 4) is 0 Å². The van der Waals surface area contributed by atoms with Crippen LogP contribution in [-0.4, -0.2) is 23.4 Å². The van der Waals surface area contributed by atoms with Crippen molar-refractivity contribution in [3.05, 3.63) is 65.2 Å². The Morgan fingerprint density at radius 2 is 1.83 bits per heavy atom. The molecule has 1 fully saturated rings.